The molecular formula is C25H30N6O2. The van der Waals surface area contributed by atoms with Crippen molar-refractivity contribution < 1.29 is 9.53 Å². The number of likely N-dealkylation sites (tertiary alicyclic amines) is 1. The standard InChI is InChI=1S/C25H30N6O2/c1-2-3-15-33-24(32)31-18-25(19-31)7-6-20(16-25)29-11-13-30(14-12-29)23-21(5-4-8-28-23)22-17-26-9-10-27-22/h4-5,8-10,17,20H,6-7,11-16,18-19H2,1H3/t20-/m1/s1. The molecule has 0 radical (unpaired) electrons. The molecule has 0 unspecified atom stereocenters. The molecule has 33 heavy (non-hydrogen) atoms. The summed E-state index contributed by atoms with van der Waals surface area (Å²) in [6.07, 6.45) is 10.4. The van der Waals surface area contributed by atoms with Gasteiger partial charge >= 0.3 is 6.09 Å². The van der Waals surface area contributed by atoms with E-state index >= 15 is 0 Å². The van der Waals surface area contributed by atoms with Crippen LogP contribution < -0.4 is 4.90 Å². The zero-order chi connectivity index (χ0) is 22.7. The number of pyridine rings is 1. The van der Waals surface area contributed by atoms with Crippen molar-refractivity contribution >= 4 is 11.9 Å². The molecule has 2 aromatic heterocycles. The number of hydrogen-bond acceptors (Lipinski definition) is 7. The highest BCUT2D eigenvalue weighted by molar-refractivity contribution is 5.72. The maximum atomic E-state index is 12.1. The van der Waals surface area contributed by atoms with Crippen molar-refractivity contribution in [2.75, 3.05) is 50.8 Å². The van der Waals surface area contributed by atoms with Crippen molar-refractivity contribution in [2.24, 2.45) is 5.41 Å². The molecule has 1 saturated carbocycles. The average Bonchev–Trinajstić information content (AvgIpc) is 3.30. The van der Waals surface area contributed by atoms with Crippen LogP contribution in [0, 0.1) is 17.3 Å². The third-order valence-corrected chi connectivity index (χ3v) is 7.19. The number of carbonyl (C=O) groups is 1. The van der Waals surface area contributed by atoms with Crippen molar-refractivity contribution in [3.05, 3.63) is 36.9 Å². The molecule has 3 aliphatic rings. The molecule has 1 amide bonds. The van der Waals surface area contributed by atoms with Crippen LogP contribution >= 0.6 is 0 Å². The fourth-order valence-electron chi connectivity index (χ4n) is 5.52. The van der Waals surface area contributed by atoms with Crippen LogP contribution in [-0.2, 0) is 4.74 Å². The predicted octanol–water partition coefficient (Wildman–Crippen LogP) is 2.68. The molecule has 0 aromatic carbocycles. The van der Waals surface area contributed by atoms with E-state index in [-0.39, 0.29) is 18.1 Å². The number of carbonyl (C=O) groups excluding carboxylic acids is 1. The Morgan fingerprint density at radius 1 is 1.18 bits per heavy atom. The normalized spacial score (nSPS) is 21.9. The smallest absolute Gasteiger partial charge is 0.410 e. The van der Waals surface area contributed by atoms with Crippen LogP contribution in [0.5, 0.6) is 0 Å². The summed E-state index contributed by atoms with van der Waals surface area (Å²) in [5.41, 5.74) is 2.16. The fraction of sp³-hybridized carbons (Fsp3) is 0.520. The number of ether oxygens (including phenoxy) is 1. The predicted molar refractivity (Wildman–Crippen MR) is 125 cm³/mol. The number of piperazine rings is 1. The van der Waals surface area contributed by atoms with Gasteiger partial charge in [-0.1, -0.05) is 5.92 Å². The van der Waals surface area contributed by atoms with E-state index in [2.05, 4.69) is 42.7 Å². The van der Waals surface area contributed by atoms with Crippen molar-refractivity contribution in [3.8, 4) is 23.1 Å². The Bertz CT molecular complexity index is 1040. The first-order chi connectivity index (χ1) is 16.2. The molecule has 3 fully saturated rings. The van der Waals surface area contributed by atoms with Crippen molar-refractivity contribution in [2.45, 2.75) is 32.2 Å². The quantitative estimate of drug-likeness (QED) is 0.669. The second kappa shape index (κ2) is 9.36. The van der Waals surface area contributed by atoms with Crippen LogP contribution in [0.3, 0.4) is 0 Å². The minimum Gasteiger partial charge on any atom is -0.436 e. The molecule has 0 bridgehead atoms. The number of rotatable bonds is 4. The van der Waals surface area contributed by atoms with Crippen LogP contribution in [0.2, 0.25) is 0 Å². The summed E-state index contributed by atoms with van der Waals surface area (Å²) in [6.45, 7) is 7.51. The van der Waals surface area contributed by atoms with E-state index < -0.39 is 0 Å². The van der Waals surface area contributed by atoms with E-state index in [1.54, 1.807) is 25.5 Å². The van der Waals surface area contributed by atoms with E-state index in [0.717, 1.165) is 56.3 Å². The van der Waals surface area contributed by atoms with Gasteiger partial charge in [0.15, 0.2) is 6.61 Å². The molecule has 2 saturated heterocycles. The number of hydrogen-bond donors (Lipinski definition) is 0. The lowest BCUT2D eigenvalue weighted by Gasteiger charge is -2.48. The molecule has 1 aliphatic carbocycles. The van der Waals surface area contributed by atoms with E-state index in [9.17, 15) is 4.79 Å². The molecule has 8 heteroatoms. The highest BCUT2D eigenvalue weighted by Crippen LogP contribution is 2.47. The van der Waals surface area contributed by atoms with Gasteiger partial charge in [-0.15, -0.1) is 5.92 Å². The Morgan fingerprint density at radius 2 is 2.03 bits per heavy atom. The zero-order valence-electron chi connectivity index (χ0n) is 19.1. The van der Waals surface area contributed by atoms with Gasteiger partial charge in [0.2, 0.25) is 0 Å². The Morgan fingerprint density at radius 3 is 2.79 bits per heavy atom. The Balaban J connectivity index is 1.14. The monoisotopic (exact) mass is 446 g/mol. The number of nitrogens with zero attached hydrogens (tertiary/aromatic N) is 6. The first-order valence-corrected chi connectivity index (χ1v) is 11.7. The molecule has 2 aliphatic heterocycles. The molecule has 5 rings (SSSR count). The third-order valence-electron chi connectivity index (χ3n) is 7.19. The summed E-state index contributed by atoms with van der Waals surface area (Å²) >= 11 is 0. The number of anilines is 1. The summed E-state index contributed by atoms with van der Waals surface area (Å²) in [5, 5.41) is 0. The largest absolute Gasteiger partial charge is 0.436 e. The van der Waals surface area contributed by atoms with Gasteiger partial charge in [0, 0.05) is 74.9 Å². The van der Waals surface area contributed by atoms with Crippen LogP contribution in [-0.4, -0.2) is 82.8 Å². The topological polar surface area (TPSA) is 74.7 Å². The van der Waals surface area contributed by atoms with Crippen LogP contribution in [0.4, 0.5) is 10.6 Å². The fourth-order valence-corrected chi connectivity index (χ4v) is 5.52. The highest BCUT2D eigenvalue weighted by atomic mass is 16.6. The summed E-state index contributed by atoms with van der Waals surface area (Å²) in [6, 6.07) is 4.62. The minimum absolute atomic E-state index is 0.181. The van der Waals surface area contributed by atoms with Crippen LogP contribution in [0.25, 0.3) is 11.3 Å². The van der Waals surface area contributed by atoms with Gasteiger partial charge in [0.1, 0.15) is 5.82 Å². The molecule has 172 valence electrons. The summed E-state index contributed by atoms with van der Waals surface area (Å²) in [7, 11) is 0. The molecule has 1 spiro atoms. The first kappa shape index (κ1) is 21.7. The minimum atomic E-state index is -0.227. The number of aromatic nitrogens is 3. The van der Waals surface area contributed by atoms with Gasteiger partial charge in [-0.25, -0.2) is 9.78 Å². The second-order valence-corrected chi connectivity index (χ2v) is 9.22. The Hall–Kier alpha value is -3.18. The molecular weight excluding hydrogens is 416 g/mol. The highest BCUT2D eigenvalue weighted by Gasteiger charge is 2.51. The van der Waals surface area contributed by atoms with Gasteiger partial charge < -0.3 is 14.5 Å². The van der Waals surface area contributed by atoms with Crippen molar-refractivity contribution in [3.63, 3.8) is 0 Å². The number of amides is 1. The van der Waals surface area contributed by atoms with Gasteiger partial charge in [-0.05, 0) is 38.3 Å². The van der Waals surface area contributed by atoms with E-state index in [4.69, 9.17) is 4.74 Å². The summed E-state index contributed by atoms with van der Waals surface area (Å²) in [5.74, 6) is 6.52. The zero-order valence-corrected chi connectivity index (χ0v) is 19.1. The average molecular weight is 447 g/mol. The molecule has 4 heterocycles. The van der Waals surface area contributed by atoms with Crippen molar-refractivity contribution in [1.82, 2.24) is 24.8 Å². The Labute approximate surface area is 195 Å². The molecule has 1 atom stereocenters. The molecule has 8 nitrogen and oxygen atoms in total. The van der Waals surface area contributed by atoms with Crippen LogP contribution in [0.1, 0.15) is 26.2 Å². The summed E-state index contributed by atoms with van der Waals surface area (Å²) < 4.78 is 5.21. The van der Waals surface area contributed by atoms with Crippen molar-refractivity contribution in [1.29, 1.82) is 0 Å². The van der Waals surface area contributed by atoms with E-state index in [0.29, 0.717) is 6.04 Å². The maximum absolute atomic E-state index is 12.1. The first-order valence-electron chi connectivity index (χ1n) is 11.7. The molecule has 2 aromatic rings. The lowest BCUT2D eigenvalue weighted by Crippen LogP contribution is -2.58. The molecule has 0 N–H and O–H groups in total. The van der Waals surface area contributed by atoms with Gasteiger partial charge in [0.05, 0.1) is 11.9 Å². The lowest BCUT2D eigenvalue weighted by molar-refractivity contribution is -0.000840. The van der Waals surface area contributed by atoms with Gasteiger partial charge in [-0.3, -0.25) is 14.9 Å². The maximum Gasteiger partial charge on any atom is 0.410 e. The third kappa shape index (κ3) is 4.51. The SMILES string of the molecule is CC#CCOC(=O)N1CC2(CC[C@@H](N3CCN(c4ncccc4-c4cnccn4)CC3)C2)C1. The van der Waals surface area contributed by atoms with E-state index in [1.807, 2.05) is 17.2 Å². The van der Waals surface area contributed by atoms with E-state index in [1.165, 1.54) is 19.3 Å². The van der Waals surface area contributed by atoms with Crippen LogP contribution in [0.15, 0.2) is 36.9 Å². The summed E-state index contributed by atoms with van der Waals surface area (Å²) in [4.78, 5) is 32.3. The lowest BCUT2D eigenvalue weighted by atomic mass is 9.78. The van der Waals surface area contributed by atoms with Gasteiger partial charge in [0.25, 0.3) is 0 Å². The second-order valence-electron chi connectivity index (χ2n) is 9.22. The van der Waals surface area contributed by atoms with Gasteiger partial charge in [-0.2, -0.15) is 0 Å². The Kier molecular flexibility index (Phi) is 6.14.